The van der Waals surface area contributed by atoms with Crippen LogP contribution in [-0.2, 0) is 11.3 Å². The van der Waals surface area contributed by atoms with E-state index in [-0.39, 0.29) is 11.2 Å². The van der Waals surface area contributed by atoms with Gasteiger partial charge in [-0.3, -0.25) is 9.69 Å². The Morgan fingerprint density at radius 3 is 2.59 bits per heavy atom. The lowest BCUT2D eigenvalue weighted by atomic mass is 10.0. The molecule has 4 rings (SSSR count). The second-order valence-electron chi connectivity index (χ2n) is 7.12. The SMILES string of the molecule is CC[C@@H]1S/C(=N/N=C\c2ccc(C)cc2)N(Cc2cccc3ccccc23)C1=O. The van der Waals surface area contributed by atoms with Gasteiger partial charge in [-0.15, -0.1) is 5.10 Å². The van der Waals surface area contributed by atoms with E-state index in [2.05, 4.69) is 41.4 Å². The third-order valence-corrected chi connectivity index (χ3v) is 6.36. The fraction of sp³-hybridized carbons (Fsp3) is 0.208. The Labute approximate surface area is 175 Å². The maximum atomic E-state index is 12.9. The Morgan fingerprint density at radius 2 is 1.79 bits per heavy atom. The van der Waals surface area contributed by atoms with E-state index in [1.165, 1.54) is 22.7 Å². The minimum Gasteiger partial charge on any atom is -0.284 e. The highest BCUT2D eigenvalue weighted by Crippen LogP contribution is 2.32. The number of thioether (sulfide) groups is 1. The van der Waals surface area contributed by atoms with Gasteiger partial charge in [-0.2, -0.15) is 5.10 Å². The number of fused-ring (bicyclic) bond motifs is 1. The zero-order valence-corrected chi connectivity index (χ0v) is 17.4. The van der Waals surface area contributed by atoms with Gasteiger partial charge in [0, 0.05) is 0 Å². The van der Waals surface area contributed by atoms with E-state index < -0.39 is 0 Å². The number of hydrogen-bond donors (Lipinski definition) is 0. The summed E-state index contributed by atoms with van der Waals surface area (Å²) >= 11 is 1.50. The molecule has 1 aliphatic heterocycles. The summed E-state index contributed by atoms with van der Waals surface area (Å²) in [7, 11) is 0. The molecule has 0 unspecified atom stereocenters. The largest absolute Gasteiger partial charge is 0.284 e. The second kappa shape index (κ2) is 8.62. The first-order chi connectivity index (χ1) is 14.2. The zero-order chi connectivity index (χ0) is 20.2. The minimum absolute atomic E-state index is 0.0988. The van der Waals surface area contributed by atoms with Crippen molar-refractivity contribution >= 4 is 39.8 Å². The van der Waals surface area contributed by atoms with Crippen molar-refractivity contribution in [2.24, 2.45) is 10.2 Å². The number of amidine groups is 1. The average molecular weight is 402 g/mol. The molecule has 0 radical (unpaired) electrons. The first-order valence-corrected chi connectivity index (χ1v) is 10.7. The molecule has 29 heavy (non-hydrogen) atoms. The number of rotatable bonds is 5. The van der Waals surface area contributed by atoms with Crippen LogP contribution in [-0.4, -0.2) is 27.4 Å². The van der Waals surface area contributed by atoms with Gasteiger partial charge in [-0.05, 0) is 35.2 Å². The summed E-state index contributed by atoms with van der Waals surface area (Å²) in [6.07, 6.45) is 2.50. The van der Waals surface area contributed by atoms with Crippen molar-refractivity contribution in [3.05, 3.63) is 83.4 Å². The van der Waals surface area contributed by atoms with Crippen molar-refractivity contribution in [2.45, 2.75) is 32.1 Å². The highest BCUT2D eigenvalue weighted by molar-refractivity contribution is 8.15. The average Bonchev–Trinajstić information content (AvgIpc) is 3.04. The van der Waals surface area contributed by atoms with Crippen molar-refractivity contribution in [2.75, 3.05) is 0 Å². The van der Waals surface area contributed by atoms with Crippen molar-refractivity contribution in [1.29, 1.82) is 0 Å². The molecule has 1 amide bonds. The Kier molecular flexibility index (Phi) is 5.76. The summed E-state index contributed by atoms with van der Waals surface area (Å²) in [6.45, 7) is 4.59. The highest BCUT2D eigenvalue weighted by atomic mass is 32.2. The van der Waals surface area contributed by atoms with E-state index in [0.717, 1.165) is 22.9 Å². The third-order valence-electron chi connectivity index (χ3n) is 5.03. The molecule has 1 heterocycles. The molecule has 0 bridgehead atoms. The molecular formula is C24H23N3OS. The van der Waals surface area contributed by atoms with E-state index in [0.29, 0.717) is 11.7 Å². The quantitative estimate of drug-likeness (QED) is 0.425. The fourth-order valence-corrected chi connectivity index (χ4v) is 4.41. The number of nitrogens with zero attached hydrogens (tertiary/aromatic N) is 3. The number of amides is 1. The second-order valence-corrected chi connectivity index (χ2v) is 8.29. The fourth-order valence-electron chi connectivity index (χ4n) is 3.39. The Balaban J connectivity index is 1.61. The van der Waals surface area contributed by atoms with Gasteiger partial charge in [0.1, 0.15) is 0 Å². The molecular weight excluding hydrogens is 378 g/mol. The lowest BCUT2D eigenvalue weighted by Gasteiger charge is -2.17. The monoisotopic (exact) mass is 401 g/mol. The van der Waals surface area contributed by atoms with Crippen LogP contribution in [0.5, 0.6) is 0 Å². The molecule has 1 aliphatic rings. The van der Waals surface area contributed by atoms with Gasteiger partial charge in [-0.25, -0.2) is 0 Å². The maximum absolute atomic E-state index is 12.9. The van der Waals surface area contributed by atoms with Crippen molar-refractivity contribution in [3.8, 4) is 0 Å². The summed E-state index contributed by atoms with van der Waals surface area (Å²) < 4.78 is 0. The van der Waals surface area contributed by atoms with Gasteiger partial charge in [0.2, 0.25) is 5.91 Å². The number of benzene rings is 3. The summed E-state index contributed by atoms with van der Waals surface area (Å²) in [6, 6.07) is 22.6. The van der Waals surface area contributed by atoms with Crippen LogP contribution >= 0.6 is 11.8 Å². The number of hydrogen-bond acceptors (Lipinski definition) is 4. The van der Waals surface area contributed by atoms with Crippen LogP contribution in [0, 0.1) is 6.92 Å². The Bertz CT molecular complexity index is 1080. The molecule has 1 fully saturated rings. The van der Waals surface area contributed by atoms with Crippen LogP contribution < -0.4 is 0 Å². The minimum atomic E-state index is -0.0988. The van der Waals surface area contributed by atoms with E-state index in [9.17, 15) is 4.79 Å². The van der Waals surface area contributed by atoms with Crippen LogP contribution in [0.25, 0.3) is 10.8 Å². The molecule has 1 saturated heterocycles. The lowest BCUT2D eigenvalue weighted by Crippen LogP contribution is -2.31. The van der Waals surface area contributed by atoms with Gasteiger partial charge in [0.05, 0.1) is 18.0 Å². The molecule has 0 aromatic heterocycles. The van der Waals surface area contributed by atoms with Gasteiger partial charge < -0.3 is 0 Å². The molecule has 1 atom stereocenters. The Hall–Kier alpha value is -2.92. The summed E-state index contributed by atoms with van der Waals surface area (Å²) in [5, 5.41) is 11.6. The van der Waals surface area contributed by atoms with Gasteiger partial charge >= 0.3 is 0 Å². The standard InChI is InChI=1S/C24H23N3OS/c1-3-22-23(28)27(16-20-9-6-8-19-7-4-5-10-21(19)20)24(29-22)26-25-15-18-13-11-17(2)12-14-18/h4-15,22H,3,16H2,1-2H3/b25-15-,26-24+/t22-/m0/s1. The number of carbonyl (C=O) groups excluding carboxylic acids is 1. The number of carbonyl (C=O) groups is 1. The molecule has 3 aromatic carbocycles. The smallest absolute Gasteiger partial charge is 0.242 e. The molecule has 146 valence electrons. The topological polar surface area (TPSA) is 45.0 Å². The third kappa shape index (κ3) is 4.25. The van der Waals surface area contributed by atoms with Crippen LogP contribution in [0.2, 0.25) is 0 Å². The molecule has 4 nitrogen and oxygen atoms in total. The molecule has 5 heteroatoms. The van der Waals surface area contributed by atoms with E-state index in [1.54, 1.807) is 11.1 Å². The summed E-state index contributed by atoms with van der Waals surface area (Å²) in [4.78, 5) is 14.7. The summed E-state index contributed by atoms with van der Waals surface area (Å²) in [5.74, 6) is 0.106. The molecule has 0 N–H and O–H groups in total. The number of aryl methyl sites for hydroxylation is 1. The van der Waals surface area contributed by atoms with Gasteiger partial charge in [0.15, 0.2) is 5.17 Å². The zero-order valence-electron chi connectivity index (χ0n) is 16.6. The summed E-state index contributed by atoms with van der Waals surface area (Å²) in [5.41, 5.74) is 3.31. The van der Waals surface area contributed by atoms with E-state index in [1.807, 2.05) is 49.4 Å². The molecule has 0 saturated carbocycles. The van der Waals surface area contributed by atoms with E-state index >= 15 is 0 Å². The predicted octanol–water partition coefficient (Wildman–Crippen LogP) is 5.39. The molecule has 0 aliphatic carbocycles. The normalized spacial score (nSPS) is 18.4. The Morgan fingerprint density at radius 1 is 1.03 bits per heavy atom. The molecule has 3 aromatic rings. The highest BCUT2D eigenvalue weighted by Gasteiger charge is 2.37. The van der Waals surface area contributed by atoms with Gasteiger partial charge in [0.25, 0.3) is 0 Å². The predicted molar refractivity (Wildman–Crippen MR) is 122 cm³/mol. The van der Waals surface area contributed by atoms with E-state index in [4.69, 9.17) is 0 Å². The van der Waals surface area contributed by atoms with Gasteiger partial charge in [-0.1, -0.05) is 91.0 Å². The van der Waals surface area contributed by atoms with Crippen molar-refractivity contribution in [1.82, 2.24) is 4.90 Å². The van der Waals surface area contributed by atoms with Crippen LogP contribution in [0.1, 0.15) is 30.0 Å². The van der Waals surface area contributed by atoms with Crippen molar-refractivity contribution in [3.63, 3.8) is 0 Å². The van der Waals surface area contributed by atoms with Crippen LogP contribution in [0.3, 0.4) is 0 Å². The first-order valence-electron chi connectivity index (χ1n) is 9.78. The van der Waals surface area contributed by atoms with Crippen molar-refractivity contribution < 1.29 is 4.79 Å². The van der Waals surface area contributed by atoms with Crippen LogP contribution in [0.15, 0.2) is 76.9 Å². The maximum Gasteiger partial charge on any atom is 0.242 e. The van der Waals surface area contributed by atoms with Crippen LogP contribution in [0.4, 0.5) is 0 Å². The first kappa shape index (κ1) is 19.4. The lowest BCUT2D eigenvalue weighted by molar-refractivity contribution is -0.126. The molecule has 0 spiro atoms.